The summed E-state index contributed by atoms with van der Waals surface area (Å²) in [5.41, 5.74) is 0.506. The van der Waals surface area contributed by atoms with Gasteiger partial charge in [-0.05, 0) is 44.2 Å². The molecule has 3 rings (SSSR count). The van der Waals surface area contributed by atoms with Crippen molar-refractivity contribution in [3.8, 4) is 11.5 Å². The van der Waals surface area contributed by atoms with Gasteiger partial charge in [0.15, 0.2) is 11.5 Å². The minimum Gasteiger partial charge on any atom is -0.493 e. The lowest BCUT2D eigenvalue weighted by Gasteiger charge is -2.29. The number of carbonyl (C=O) groups excluding carboxylic acids is 1. The van der Waals surface area contributed by atoms with Crippen LogP contribution in [0.25, 0.3) is 0 Å². The fourth-order valence-corrected chi connectivity index (χ4v) is 3.90. The zero-order valence-electron chi connectivity index (χ0n) is 14.6. The van der Waals surface area contributed by atoms with Crippen LogP contribution >= 0.6 is 24.0 Å². The molecule has 1 aromatic rings. The fourth-order valence-electron chi connectivity index (χ4n) is 3.64. The highest BCUT2D eigenvalue weighted by Gasteiger charge is 2.34. The molecule has 0 aliphatic carbocycles. The SMILES string of the molecule is CCCOc1c(Cl)cc(C(=O)NC2CC3CCC(C2)N3)cc1OC.Cl. The molecule has 2 saturated heterocycles. The summed E-state index contributed by atoms with van der Waals surface area (Å²) in [6.07, 6.45) is 5.27. The first kappa shape index (κ1) is 20.1. The van der Waals surface area contributed by atoms with E-state index in [0.717, 1.165) is 19.3 Å². The number of halogens is 2. The molecule has 140 valence electrons. The number of rotatable bonds is 6. The largest absolute Gasteiger partial charge is 0.493 e. The van der Waals surface area contributed by atoms with Crippen LogP contribution in [-0.4, -0.2) is 37.7 Å². The van der Waals surface area contributed by atoms with Crippen molar-refractivity contribution >= 4 is 29.9 Å². The lowest BCUT2D eigenvalue weighted by Crippen LogP contribution is -2.48. The van der Waals surface area contributed by atoms with Crippen LogP contribution in [0.3, 0.4) is 0 Å². The van der Waals surface area contributed by atoms with E-state index < -0.39 is 0 Å². The summed E-state index contributed by atoms with van der Waals surface area (Å²) in [6, 6.07) is 4.65. The Labute approximate surface area is 160 Å². The van der Waals surface area contributed by atoms with Gasteiger partial charge in [0.1, 0.15) is 0 Å². The molecule has 25 heavy (non-hydrogen) atoms. The number of methoxy groups -OCH3 is 1. The van der Waals surface area contributed by atoms with Crippen molar-refractivity contribution in [3.05, 3.63) is 22.7 Å². The van der Waals surface area contributed by atoms with Gasteiger partial charge < -0.3 is 20.1 Å². The number of amides is 1. The van der Waals surface area contributed by atoms with Gasteiger partial charge in [0, 0.05) is 23.7 Å². The predicted molar refractivity (Wildman–Crippen MR) is 101 cm³/mol. The van der Waals surface area contributed by atoms with E-state index in [0.29, 0.717) is 40.8 Å². The van der Waals surface area contributed by atoms with Crippen LogP contribution in [0.5, 0.6) is 11.5 Å². The molecular formula is C18H26Cl2N2O3. The highest BCUT2D eigenvalue weighted by atomic mass is 35.5. The van der Waals surface area contributed by atoms with Gasteiger partial charge in [0.25, 0.3) is 5.91 Å². The molecule has 2 N–H and O–H groups in total. The lowest BCUT2D eigenvalue weighted by molar-refractivity contribution is 0.0923. The van der Waals surface area contributed by atoms with Crippen LogP contribution in [0.4, 0.5) is 0 Å². The van der Waals surface area contributed by atoms with E-state index in [-0.39, 0.29) is 24.4 Å². The van der Waals surface area contributed by atoms with Crippen LogP contribution in [0.15, 0.2) is 12.1 Å². The van der Waals surface area contributed by atoms with Crippen LogP contribution in [-0.2, 0) is 0 Å². The van der Waals surface area contributed by atoms with Gasteiger partial charge in [-0.15, -0.1) is 12.4 Å². The average molecular weight is 389 g/mol. The molecule has 2 heterocycles. The van der Waals surface area contributed by atoms with Crippen LogP contribution in [0.1, 0.15) is 49.4 Å². The topological polar surface area (TPSA) is 59.6 Å². The quantitative estimate of drug-likeness (QED) is 0.781. The second-order valence-corrected chi connectivity index (χ2v) is 7.02. The third-order valence-corrected chi connectivity index (χ3v) is 5.03. The smallest absolute Gasteiger partial charge is 0.251 e. The summed E-state index contributed by atoms with van der Waals surface area (Å²) < 4.78 is 11.0. The van der Waals surface area contributed by atoms with Crippen molar-refractivity contribution in [1.29, 1.82) is 0 Å². The summed E-state index contributed by atoms with van der Waals surface area (Å²) in [4.78, 5) is 12.6. The van der Waals surface area contributed by atoms with Crippen molar-refractivity contribution in [1.82, 2.24) is 10.6 Å². The number of carbonyl (C=O) groups is 1. The molecular weight excluding hydrogens is 363 g/mol. The van der Waals surface area contributed by atoms with E-state index in [1.165, 1.54) is 12.8 Å². The maximum atomic E-state index is 12.6. The zero-order chi connectivity index (χ0) is 17.1. The van der Waals surface area contributed by atoms with Crippen molar-refractivity contribution in [2.45, 2.75) is 57.2 Å². The van der Waals surface area contributed by atoms with Crippen molar-refractivity contribution in [3.63, 3.8) is 0 Å². The van der Waals surface area contributed by atoms with E-state index in [2.05, 4.69) is 10.6 Å². The van der Waals surface area contributed by atoms with Crippen LogP contribution < -0.4 is 20.1 Å². The Balaban J connectivity index is 0.00000225. The number of benzene rings is 1. The van der Waals surface area contributed by atoms with Crippen molar-refractivity contribution in [2.75, 3.05) is 13.7 Å². The number of hydrogen-bond donors (Lipinski definition) is 2. The molecule has 2 fully saturated rings. The van der Waals surface area contributed by atoms with Crippen molar-refractivity contribution < 1.29 is 14.3 Å². The molecule has 2 aliphatic heterocycles. The molecule has 5 nitrogen and oxygen atoms in total. The standard InChI is InChI=1S/C18H25ClN2O3.ClH/c1-3-6-24-17-15(19)7-11(8-16(17)23-2)18(22)21-14-9-12-4-5-13(10-14)20-12;/h7-8,12-14,20H,3-6,9-10H2,1-2H3,(H,21,22);1H. The molecule has 1 aromatic carbocycles. The Kier molecular flexibility index (Phi) is 7.23. The summed E-state index contributed by atoms with van der Waals surface area (Å²) >= 11 is 6.30. The molecule has 0 radical (unpaired) electrons. The van der Waals surface area contributed by atoms with Crippen molar-refractivity contribution in [2.24, 2.45) is 0 Å². The first-order chi connectivity index (χ1) is 11.6. The minimum atomic E-state index is -0.108. The maximum absolute atomic E-state index is 12.6. The van der Waals surface area contributed by atoms with E-state index in [4.69, 9.17) is 21.1 Å². The van der Waals surface area contributed by atoms with E-state index >= 15 is 0 Å². The Morgan fingerprint density at radius 3 is 2.60 bits per heavy atom. The average Bonchev–Trinajstić information content (AvgIpc) is 2.91. The second kappa shape index (κ2) is 8.97. The van der Waals surface area contributed by atoms with Gasteiger partial charge in [0.05, 0.1) is 18.7 Å². The van der Waals surface area contributed by atoms with Gasteiger partial charge in [-0.25, -0.2) is 0 Å². The lowest BCUT2D eigenvalue weighted by atomic mass is 9.99. The van der Waals surface area contributed by atoms with Crippen LogP contribution in [0.2, 0.25) is 5.02 Å². The molecule has 0 saturated carbocycles. The molecule has 7 heteroatoms. The molecule has 1 amide bonds. The predicted octanol–water partition coefficient (Wildman–Crippen LogP) is 3.57. The third-order valence-electron chi connectivity index (χ3n) is 4.75. The molecule has 2 aliphatic rings. The number of hydrogen-bond acceptors (Lipinski definition) is 4. The maximum Gasteiger partial charge on any atom is 0.251 e. The normalized spacial score (nSPS) is 24.4. The van der Waals surface area contributed by atoms with E-state index in [1.807, 2.05) is 6.92 Å². The van der Waals surface area contributed by atoms with Gasteiger partial charge in [0.2, 0.25) is 0 Å². The Hall–Kier alpha value is -1.17. The Bertz CT molecular complexity index is 600. The summed E-state index contributed by atoms with van der Waals surface area (Å²) in [7, 11) is 1.55. The summed E-state index contributed by atoms with van der Waals surface area (Å²) in [6.45, 7) is 2.58. The zero-order valence-corrected chi connectivity index (χ0v) is 16.2. The highest BCUT2D eigenvalue weighted by Crippen LogP contribution is 2.36. The first-order valence-electron chi connectivity index (χ1n) is 8.68. The monoisotopic (exact) mass is 388 g/mol. The third kappa shape index (κ3) is 4.72. The molecule has 2 atom stereocenters. The fraction of sp³-hybridized carbons (Fsp3) is 0.611. The van der Waals surface area contributed by atoms with Crippen LogP contribution in [0, 0.1) is 0 Å². The summed E-state index contributed by atoms with van der Waals surface area (Å²) in [5.74, 6) is 0.882. The number of ether oxygens (including phenoxy) is 2. The Morgan fingerprint density at radius 2 is 2.00 bits per heavy atom. The first-order valence-corrected chi connectivity index (χ1v) is 9.05. The Morgan fingerprint density at radius 1 is 1.32 bits per heavy atom. The molecule has 2 unspecified atom stereocenters. The van der Waals surface area contributed by atoms with Gasteiger partial charge in [-0.3, -0.25) is 4.79 Å². The number of nitrogens with one attached hydrogen (secondary N) is 2. The highest BCUT2D eigenvalue weighted by molar-refractivity contribution is 6.32. The second-order valence-electron chi connectivity index (χ2n) is 6.62. The van der Waals surface area contributed by atoms with E-state index in [1.54, 1.807) is 19.2 Å². The minimum absolute atomic E-state index is 0. The molecule has 0 spiro atoms. The molecule has 0 aromatic heterocycles. The molecule has 2 bridgehead atoms. The van der Waals surface area contributed by atoms with Gasteiger partial charge in [-0.2, -0.15) is 0 Å². The van der Waals surface area contributed by atoms with Gasteiger partial charge in [-0.1, -0.05) is 18.5 Å². The van der Waals surface area contributed by atoms with E-state index in [9.17, 15) is 4.79 Å². The summed E-state index contributed by atoms with van der Waals surface area (Å²) in [5, 5.41) is 7.12. The number of fused-ring (bicyclic) bond motifs is 2. The number of piperidine rings is 1. The van der Waals surface area contributed by atoms with Gasteiger partial charge >= 0.3 is 0 Å².